The Morgan fingerprint density at radius 3 is 2.27 bits per heavy atom. The maximum Gasteiger partial charge on any atom is 1.00 e. The van der Waals surface area contributed by atoms with Crippen LogP contribution in [0.15, 0.2) is 35.2 Å². The van der Waals surface area contributed by atoms with Gasteiger partial charge in [-0.1, -0.05) is 18.2 Å². The molecule has 0 aliphatic carbocycles. The molecule has 6 heteroatoms. The van der Waals surface area contributed by atoms with E-state index >= 15 is 0 Å². The van der Waals surface area contributed by atoms with Crippen molar-refractivity contribution < 1.29 is 36.8 Å². The third kappa shape index (κ3) is 4.00. The molecule has 0 fully saturated rings. The zero-order chi connectivity index (χ0) is 10.6. The number of ether oxygens (including phenoxy) is 1. The number of rotatable bonds is 3. The van der Waals surface area contributed by atoms with Crippen molar-refractivity contribution in [2.75, 3.05) is 7.11 Å². The summed E-state index contributed by atoms with van der Waals surface area (Å²) in [6.07, 6.45) is 0. The molecule has 1 aromatic carbocycles. The molecular formula is C9H9LiO4S. The molecule has 0 spiro atoms. The van der Waals surface area contributed by atoms with Gasteiger partial charge in [-0.15, -0.1) is 0 Å². The number of carbonyl (C=O) groups is 1. The van der Waals surface area contributed by atoms with E-state index in [2.05, 4.69) is 4.74 Å². The summed E-state index contributed by atoms with van der Waals surface area (Å²) in [7, 11) is -2.55. The van der Waals surface area contributed by atoms with Gasteiger partial charge in [-0.25, -0.2) is 0 Å². The fourth-order valence-corrected chi connectivity index (χ4v) is 1.88. The second-order valence-corrected chi connectivity index (χ2v) is 4.30. The molecule has 15 heavy (non-hydrogen) atoms. The molecule has 76 valence electrons. The molecule has 0 atom stereocenters. The predicted molar refractivity (Wildman–Crippen MR) is 49.9 cm³/mol. The molecule has 0 unspecified atom stereocenters. The van der Waals surface area contributed by atoms with Crippen molar-refractivity contribution in [3.63, 3.8) is 0 Å². The van der Waals surface area contributed by atoms with Gasteiger partial charge in [-0.3, -0.25) is 13.2 Å². The van der Waals surface area contributed by atoms with E-state index in [1.165, 1.54) is 12.1 Å². The fraction of sp³-hybridized carbons (Fsp3) is 0.111. The Bertz CT molecular complexity index is 413. The normalized spacial score (nSPS) is 9.93. The Morgan fingerprint density at radius 1 is 1.27 bits per heavy atom. The first-order valence-corrected chi connectivity index (χ1v) is 5.34. The molecule has 0 saturated carbocycles. The number of benzene rings is 1. The summed E-state index contributed by atoms with van der Waals surface area (Å²) >= 11 is 0. The summed E-state index contributed by atoms with van der Waals surface area (Å²) in [5.74, 6) is -0.323. The number of hydrogen-bond donors (Lipinski definition) is 0. The summed E-state index contributed by atoms with van der Waals surface area (Å²) in [5, 5.41) is 0. The van der Waals surface area contributed by atoms with Crippen molar-refractivity contribution in [1.29, 1.82) is 0 Å². The number of sulfone groups is 1. The Morgan fingerprint density at radius 2 is 1.80 bits per heavy atom. The molecule has 0 radical (unpaired) electrons. The van der Waals surface area contributed by atoms with Crippen LogP contribution in [0.25, 0.3) is 0 Å². The molecule has 0 saturated heterocycles. The number of hydrogen-bond acceptors (Lipinski definition) is 4. The fourth-order valence-electron chi connectivity index (χ4n) is 0.853. The van der Waals surface area contributed by atoms with Gasteiger partial charge >= 0.3 is 18.9 Å². The van der Waals surface area contributed by atoms with Crippen LogP contribution >= 0.6 is 0 Å². The molecule has 4 nitrogen and oxygen atoms in total. The summed E-state index contributed by atoms with van der Waals surface area (Å²) in [4.78, 5) is 10.8. The first kappa shape index (κ1) is 14.1. The van der Waals surface area contributed by atoms with Crippen LogP contribution in [-0.4, -0.2) is 21.5 Å². The van der Waals surface area contributed by atoms with E-state index in [0.717, 1.165) is 7.11 Å². The minimum absolute atomic E-state index is 0. The average Bonchev–Trinajstić information content (AvgIpc) is 2.18. The first-order valence-electron chi connectivity index (χ1n) is 3.79. The minimum atomic E-state index is -3.67. The standard InChI is InChI=1S/C9H9O4S.Li/c1-13-9(10)7-14(11,12)8-5-3-2-4-6-8;/h2-7H,1H3;/q-1;+1. The smallest absolute Gasteiger partial charge is 0.490 e. The number of esters is 1. The summed E-state index contributed by atoms with van der Waals surface area (Å²) < 4.78 is 27.1. The zero-order valence-corrected chi connectivity index (χ0v) is 9.32. The SMILES string of the molecule is COC(=O)[CH-]S(=O)(=O)c1ccccc1.[Li+]. The molecule has 0 N–H and O–H groups in total. The van der Waals surface area contributed by atoms with Crippen LogP contribution in [-0.2, 0) is 19.4 Å². The molecule has 0 amide bonds. The summed E-state index contributed by atoms with van der Waals surface area (Å²) in [5.41, 5.74) is 0. The van der Waals surface area contributed by atoms with Crippen molar-refractivity contribution in [2.24, 2.45) is 0 Å². The molecular weight excluding hydrogens is 211 g/mol. The number of methoxy groups -OCH3 is 1. The van der Waals surface area contributed by atoms with Crippen LogP contribution in [0.2, 0.25) is 0 Å². The van der Waals surface area contributed by atoms with Gasteiger partial charge in [-0.05, 0) is 12.1 Å². The van der Waals surface area contributed by atoms with Gasteiger partial charge < -0.3 is 4.74 Å². The van der Waals surface area contributed by atoms with Gasteiger partial charge in [0.05, 0.1) is 16.9 Å². The van der Waals surface area contributed by atoms with E-state index in [0.29, 0.717) is 5.75 Å². The van der Waals surface area contributed by atoms with Crippen molar-refractivity contribution >= 4 is 15.8 Å². The Kier molecular flexibility index (Phi) is 5.51. The Balaban J connectivity index is 0.00000196. The second kappa shape index (κ2) is 5.86. The van der Waals surface area contributed by atoms with E-state index in [1.807, 2.05) is 0 Å². The van der Waals surface area contributed by atoms with E-state index in [1.54, 1.807) is 18.2 Å². The van der Waals surface area contributed by atoms with Crippen LogP contribution in [0.4, 0.5) is 0 Å². The molecule has 0 bridgehead atoms. The van der Waals surface area contributed by atoms with E-state index in [9.17, 15) is 13.2 Å². The Hall–Kier alpha value is -0.893. The maximum atomic E-state index is 11.4. The molecule has 0 aromatic heterocycles. The number of carbonyl (C=O) groups excluding carboxylic acids is 1. The molecule has 0 aliphatic rings. The summed E-state index contributed by atoms with van der Waals surface area (Å²) in [6.45, 7) is 0. The molecule has 1 rings (SSSR count). The van der Waals surface area contributed by atoms with Crippen LogP contribution in [0, 0.1) is 5.75 Å². The van der Waals surface area contributed by atoms with Crippen molar-refractivity contribution in [3.05, 3.63) is 36.1 Å². The third-order valence-corrected chi connectivity index (χ3v) is 2.96. The first-order chi connectivity index (χ1) is 6.56. The van der Waals surface area contributed by atoms with E-state index < -0.39 is 15.8 Å². The summed E-state index contributed by atoms with van der Waals surface area (Å²) in [6, 6.07) is 7.68. The molecule has 0 heterocycles. The monoisotopic (exact) mass is 220 g/mol. The van der Waals surface area contributed by atoms with Crippen LogP contribution in [0.3, 0.4) is 0 Å². The van der Waals surface area contributed by atoms with Crippen LogP contribution < -0.4 is 18.9 Å². The zero-order valence-electron chi connectivity index (χ0n) is 8.51. The topological polar surface area (TPSA) is 60.4 Å². The van der Waals surface area contributed by atoms with Crippen LogP contribution in [0.1, 0.15) is 0 Å². The van der Waals surface area contributed by atoms with Gasteiger partial charge in [0, 0.05) is 4.90 Å². The van der Waals surface area contributed by atoms with Gasteiger partial charge in [0.1, 0.15) is 0 Å². The predicted octanol–water partition coefficient (Wildman–Crippen LogP) is -2.20. The maximum absolute atomic E-state index is 11.4. The Labute approximate surface area is 101 Å². The van der Waals surface area contributed by atoms with Gasteiger partial charge in [0.25, 0.3) is 0 Å². The van der Waals surface area contributed by atoms with Gasteiger partial charge in [0.15, 0.2) is 5.97 Å². The average molecular weight is 220 g/mol. The van der Waals surface area contributed by atoms with Crippen molar-refractivity contribution in [1.82, 2.24) is 0 Å². The van der Waals surface area contributed by atoms with E-state index in [-0.39, 0.29) is 23.8 Å². The molecule has 0 aliphatic heterocycles. The molecule has 1 aromatic rings. The van der Waals surface area contributed by atoms with Crippen molar-refractivity contribution in [3.8, 4) is 0 Å². The minimum Gasteiger partial charge on any atom is -0.490 e. The third-order valence-electron chi connectivity index (χ3n) is 1.52. The second-order valence-electron chi connectivity index (χ2n) is 2.50. The van der Waals surface area contributed by atoms with Gasteiger partial charge in [-0.2, -0.15) is 5.75 Å². The van der Waals surface area contributed by atoms with Crippen molar-refractivity contribution in [2.45, 2.75) is 4.90 Å². The quantitative estimate of drug-likeness (QED) is 0.329. The van der Waals surface area contributed by atoms with Gasteiger partial charge in [0.2, 0.25) is 0 Å². The van der Waals surface area contributed by atoms with Crippen LogP contribution in [0.5, 0.6) is 0 Å². The largest absolute Gasteiger partial charge is 1.00 e. The van der Waals surface area contributed by atoms with E-state index in [4.69, 9.17) is 0 Å².